The van der Waals surface area contributed by atoms with E-state index in [-0.39, 0.29) is 11.9 Å². The first kappa shape index (κ1) is 16.8. The average Bonchev–Trinajstić information content (AvgIpc) is 3.36. The Hall–Kier alpha value is -1.69. The van der Waals surface area contributed by atoms with Crippen LogP contribution in [-0.4, -0.2) is 53.0 Å². The van der Waals surface area contributed by atoms with Gasteiger partial charge in [0.25, 0.3) is 5.91 Å². The number of carbonyl (C=O) groups is 1. The highest BCUT2D eigenvalue weighted by Gasteiger charge is 2.47. The number of amides is 1. The van der Waals surface area contributed by atoms with E-state index in [1.165, 1.54) is 12.8 Å². The number of piperidine rings is 1. The van der Waals surface area contributed by atoms with Crippen LogP contribution in [0, 0.1) is 0 Å². The van der Waals surface area contributed by atoms with Gasteiger partial charge in [0.1, 0.15) is 5.60 Å². The Kier molecular flexibility index (Phi) is 4.63. The summed E-state index contributed by atoms with van der Waals surface area (Å²) >= 11 is 1.55. The third kappa shape index (κ3) is 3.12. The third-order valence-electron chi connectivity index (χ3n) is 5.62. The van der Waals surface area contributed by atoms with E-state index in [0.717, 1.165) is 24.2 Å². The number of carbonyl (C=O) groups excluding carboxylic acids is 1. The van der Waals surface area contributed by atoms with Crippen molar-refractivity contribution in [2.75, 3.05) is 26.2 Å². The van der Waals surface area contributed by atoms with Gasteiger partial charge in [-0.3, -0.25) is 9.69 Å². The van der Waals surface area contributed by atoms with Gasteiger partial charge in [-0.2, -0.15) is 11.3 Å². The molecule has 0 aliphatic carbocycles. The maximum atomic E-state index is 12.8. The molecule has 0 bridgehead atoms. The van der Waals surface area contributed by atoms with Crippen molar-refractivity contribution in [2.45, 2.75) is 30.9 Å². The van der Waals surface area contributed by atoms with Crippen LogP contribution in [0.2, 0.25) is 0 Å². The van der Waals surface area contributed by atoms with Crippen LogP contribution in [0.5, 0.6) is 0 Å². The molecule has 2 aliphatic rings. The zero-order valence-corrected chi connectivity index (χ0v) is 15.1. The molecule has 0 radical (unpaired) electrons. The summed E-state index contributed by atoms with van der Waals surface area (Å²) < 4.78 is 0. The molecule has 4 rings (SSSR count). The van der Waals surface area contributed by atoms with Gasteiger partial charge in [0.05, 0.1) is 11.6 Å². The lowest BCUT2D eigenvalue weighted by Crippen LogP contribution is -2.61. The Balaban J connectivity index is 1.62. The first-order chi connectivity index (χ1) is 12.2. The standard InChI is InChI=1S/C20H24N2O2S/c23-19(16-8-13-25-15-16)22-12-9-20(24,17-6-2-1-3-7-17)18(14-22)21-10-4-5-11-21/h1-3,6-8,13,15,18,24H,4-5,9-12,14H2/t18-,20-/m1/s1. The van der Waals surface area contributed by atoms with Crippen molar-refractivity contribution in [3.05, 3.63) is 58.3 Å². The first-order valence-corrected chi connectivity index (χ1v) is 9.96. The van der Waals surface area contributed by atoms with E-state index in [1.54, 1.807) is 11.3 Å². The van der Waals surface area contributed by atoms with Crippen LogP contribution in [0.1, 0.15) is 35.2 Å². The molecule has 0 unspecified atom stereocenters. The maximum Gasteiger partial charge on any atom is 0.254 e. The quantitative estimate of drug-likeness (QED) is 0.920. The lowest BCUT2D eigenvalue weighted by Gasteiger charge is -2.48. The molecule has 2 atom stereocenters. The zero-order chi connectivity index (χ0) is 17.3. The molecular formula is C20H24N2O2S. The maximum absolute atomic E-state index is 12.8. The highest BCUT2D eigenvalue weighted by atomic mass is 32.1. The van der Waals surface area contributed by atoms with Gasteiger partial charge in [-0.05, 0) is 49.4 Å². The van der Waals surface area contributed by atoms with Crippen LogP contribution in [0.25, 0.3) is 0 Å². The van der Waals surface area contributed by atoms with Crippen molar-refractivity contribution in [3.8, 4) is 0 Å². The highest BCUT2D eigenvalue weighted by molar-refractivity contribution is 7.08. The summed E-state index contributed by atoms with van der Waals surface area (Å²) in [6, 6.07) is 11.8. The van der Waals surface area contributed by atoms with E-state index in [1.807, 2.05) is 52.1 Å². The van der Waals surface area contributed by atoms with Gasteiger partial charge >= 0.3 is 0 Å². The number of thiophene rings is 1. The number of likely N-dealkylation sites (tertiary alicyclic amines) is 2. The Morgan fingerprint density at radius 1 is 1.12 bits per heavy atom. The van der Waals surface area contributed by atoms with Gasteiger partial charge in [-0.15, -0.1) is 0 Å². The SMILES string of the molecule is O=C(c1ccsc1)N1CC[C@@](O)(c2ccccc2)[C@H](N2CCCC2)C1. The molecule has 2 saturated heterocycles. The van der Waals surface area contributed by atoms with Gasteiger partial charge in [0.15, 0.2) is 0 Å². The van der Waals surface area contributed by atoms with E-state index in [0.29, 0.717) is 19.5 Å². The molecule has 2 fully saturated rings. The molecule has 1 N–H and O–H groups in total. The van der Waals surface area contributed by atoms with Crippen LogP contribution in [-0.2, 0) is 5.60 Å². The first-order valence-electron chi connectivity index (χ1n) is 9.02. The second-order valence-electron chi connectivity index (χ2n) is 7.06. The summed E-state index contributed by atoms with van der Waals surface area (Å²) in [5, 5.41) is 15.5. The monoisotopic (exact) mass is 356 g/mol. The second kappa shape index (κ2) is 6.90. The fraction of sp³-hybridized carbons (Fsp3) is 0.450. The van der Waals surface area contributed by atoms with Gasteiger partial charge in [-0.25, -0.2) is 0 Å². The summed E-state index contributed by atoms with van der Waals surface area (Å²) in [6.45, 7) is 3.17. The minimum atomic E-state index is -0.892. The van der Waals surface area contributed by atoms with Crippen molar-refractivity contribution in [1.82, 2.24) is 9.80 Å². The molecule has 0 saturated carbocycles. The van der Waals surface area contributed by atoms with Crippen LogP contribution < -0.4 is 0 Å². The largest absolute Gasteiger partial charge is 0.383 e. The normalized spacial score (nSPS) is 27.6. The smallest absolute Gasteiger partial charge is 0.254 e. The van der Waals surface area contributed by atoms with Crippen LogP contribution in [0.3, 0.4) is 0 Å². The van der Waals surface area contributed by atoms with Crippen molar-refractivity contribution >= 4 is 17.2 Å². The van der Waals surface area contributed by atoms with Gasteiger partial charge in [0.2, 0.25) is 0 Å². The summed E-state index contributed by atoms with van der Waals surface area (Å²) in [4.78, 5) is 17.1. The van der Waals surface area contributed by atoms with Crippen LogP contribution in [0.15, 0.2) is 47.2 Å². The number of hydrogen-bond acceptors (Lipinski definition) is 4. The predicted molar refractivity (Wildman–Crippen MR) is 99.8 cm³/mol. The molecule has 1 amide bonds. The fourth-order valence-electron chi connectivity index (χ4n) is 4.21. The van der Waals surface area contributed by atoms with E-state index in [9.17, 15) is 9.90 Å². The molecule has 4 nitrogen and oxygen atoms in total. The predicted octanol–water partition coefficient (Wildman–Crippen LogP) is 2.95. The molecular weight excluding hydrogens is 332 g/mol. The molecule has 2 aliphatic heterocycles. The minimum absolute atomic E-state index is 0.0475. The van der Waals surface area contributed by atoms with Crippen molar-refractivity contribution < 1.29 is 9.90 Å². The average molecular weight is 356 g/mol. The Labute approximate surface area is 152 Å². The number of aliphatic hydroxyl groups is 1. The Bertz CT molecular complexity index is 713. The van der Waals surface area contributed by atoms with E-state index in [2.05, 4.69) is 4.90 Å². The molecule has 1 aromatic heterocycles. The second-order valence-corrected chi connectivity index (χ2v) is 7.84. The Morgan fingerprint density at radius 2 is 1.88 bits per heavy atom. The molecule has 25 heavy (non-hydrogen) atoms. The number of hydrogen-bond donors (Lipinski definition) is 1. The summed E-state index contributed by atoms with van der Waals surface area (Å²) in [6.07, 6.45) is 2.91. The topological polar surface area (TPSA) is 43.8 Å². The molecule has 2 aromatic rings. The molecule has 0 spiro atoms. The summed E-state index contributed by atoms with van der Waals surface area (Å²) in [5.41, 5.74) is 0.835. The molecule has 3 heterocycles. The van der Waals surface area contributed by atoms with E-state index in [4.69, 9.17) is 0 Å². The fourth-order valence-corrected chi connectivity index (χ4v) is 4.84. The molecule has 1 aromatic carbocycles. The zero-order valence-electron chi connectivity index (χ0n) is 14.3. The van der Waals surface area contributed by atoms with Crippen LogP contribution in [0.4, 0.5) is 0 Å². The van der Waals surface area contributed by atoms with Crippen molar-refractivity contribution in [1.29, 1.82) is 0 Å². The Morgan fingerprint density at radius 3 is 2.56 bits per heavy atom. The minimum Gasteiger partial charge on any atom is -0.383 e. The van der Waals surface area contributed by atoms with Gasteiger partial charge in [-0.1, -0.05) is 30.3 Å². The lowest BCUT2D eigenvalue weighted by molar-refractivity contribution is -0.0877. The van der Waals surface area contributed by atoms with E-state index >= 15 is 0 Å². The van der Waals surface area contributed by atoms with Crippen molar-refractivity contribution in [3.63, 3.8) is 0 Å². The third-order valence-corrected chi connectivity index (χ3v) is 6.30. The number of nitrogens with zero attached hydrogens (tertiary/aromatic N) is 2. The summed E-state index contributed by atoms with van der Waals surface area (Å²) in [7, 11) is 0. The lowest BCUT2D eigenvalue weighted by atomic mass is 9.79. The van der Waals surface area contributed by atoms with E-state index < -0.39 is 5.60 Å². The van der Waals surface area contributed by atoms with Crippen molar-refractivity contribution in [2.24, 2.45) is 0 Å². The summed E-state index contributed by atoms with van der Waals surface area (Å²) in [5.74, 6) is 0.0839. The highest BCUT2D eigenvalue weighted by Crippen LogP contribution is 2.37. The van der Waals surface area contributed by atoms with Crippen LogP contribution >= 0.6 is 11.3 Å². The molecule has 132 valence electrons. The number of rotatable bonds is 3. The molecule has 5 heteroatoms. The number of benzene rings is 1. The van der Waals surface area contributed by atoms with Gasteiger partial charge in [0, 0.05) is 18.5 Å². The van der Waals surface area contributed by atoms with Gasteiger partial charge < -0.3 is 10.0 Å².